The minimum absolute atomic E-state index is 0.0607. The molecule has 2 aliphatic rings. The number of hydrogen-bond donors (Lipinski definition) is 1. The summed E-state index contributed by atoms with van der Waals surface area (Å²) >= 11 is 2.12. The molecule has 2 bridgehead atoms. The zero-order chi connectivity index (χ0) is 14.8. The van der Waals surface area contributed by atoms with E-state index in [1.807, 2.05) is 6.92 Å². The summed E-state index contributed by atoms with van der Waals surface area (Å²) in [5, 5.41) is 3.69. The maximum Gasteiger partial charge on any atom is 0.318 e. The number of carbonyl (C=O) groups excluding carboxylic acids is 1. The highest BCUT2D eigenvalue weighted by molar-refractivity contribution is 14.1. The van der Waals surface area contributed by atoms with Crippen LogP contribution in [0.15, 0.2) is 30.3 Å². The molecule has 2 aliphatic heterocycles. The molecule has 3 unspecified atom stereocenters. The highest BCUT2D eigenvalue weighted by Gasteiger charge is 2.37. The first-order chi connectivity index (χ1) is 10.1. The molecule has 3 atom stereocenters. The number of alkyl halides is 1. The van der Waals surface area contributed by atoms with E-state index < -0.39 is 0 Å². The number of hydrogen-bond acceptors (Lipinski definition) is 3. The Labute approximate surface area is 140 Å². The summed E-state index contributed by atoms with van der Waals surface area (Å²) in [6, 6.07) is 11.8. The van der Waals surface area contributed by atoms with Crippen molar-refractivity contribution < 1.29 is 9.53 Å². The third-order valence-corrected chi connectivity index (χ3v) is 5.09. The van der Waals surface area contributed by atoms with Crippen molar-refractivity contribution in [3.05, 3.63) is 35.9 Å². The molecule has 0 aliphatic carbocycles. The Morgan fingerprint density at radius 1 is 1.19 bits per heavy atom. The molecule has 0 spiro atoms. The smallest absolute Gasteiger partial charge is 0.318 e. The van der Waals surface area contributed by atoms with Gasteiger partial charge in [-0.1, -0.05) is 52.9 Å². The van der Waals surface area contributed by atoms with Gasteiger partial charge >= 0.3 is 5.97 Å². The van der Waals surface area contributed by atoms with Crippen LogP contribution in [0.4, 0.5) is 0 Å². The monoisotopic (exact) mass is 399 g/mol. The van der Waals surface area contributed by atoms with Crippen LogP contribution in [-0.4, -0.2) is 28.1 Å². The number of fused-ring (bicyclic) bond motifs is 2. The minimum Gasteiger partial charge on any atom is -0.461 e. The lowest BCUT2D eigenvalue weighted by atomic mass is 9.76. The molecule has 0 saturated carbocycles. The molecule has 0 amide bonds. The van der Waals surface area contributed by atoms with Crippen molar-refractivity contribution in [1.82, 2.24) is 5.32 Å². The summed E-state index contributed by atoms with van der Waals surface area (Å²) in [5.74, 6) is 0.572. The van der Waals surface area contributed by atoms with Crippen LogP contribution in [0.25, 0.3) is 0 Å². The summed E-state index contributed by atoms with van der Waals surface area (Å²) < 4.78 is 5.58. The van der Waals surface area contributed by atoms with E-state index in [1.54, 1.807) is 0 Å². The SMILES string of the molecule is CC(I)C(=O)OC1CC2CC(c3ccccc3)CC(C1)N2. The topological polar surface area (TPSA) is 38.3 Å². The third kappa shape index (κ3) is 3.77. The summed E-state index contributed by atoms with van der Waals surface area (Å²) in [6.07, 6.45) is 4.30. The highest BCUT2D eigenvalue weighted by Crippen LogP contribution is 2.36. The standard InChI is InChI=1S/C17H22INO2/c1-11(18)17(20)21-16-9-14-7-13(8-15(10-16)19-14)12-5-3-2-4-6-12/h2-6,11,13-16,19H,7-10H2,1H3. The van der Waals surface area contributed by atoms with Crippen LogP contribution in [0, 0.1) is 0 Å². The van der Waals surface area contributed by atoms with Gasteiger partial charge in [0.1, 0.15) is 10.0 Å². The zero-order valence-corrected chi connectivity index (χ0v) is 14.5. The van der Waals surface area contributed by atoms with Crippen LogP contribution < -0.4 is 5.32 Å². The van der Waals surface area contributed by atoms with Crippen LogP contribution >= 0.6 is 22.6 Å². The Bertz CT molecular complexity index is 477. The maximum atomic E-state index is 11.8. The second-order valence-corrected chi connectivity index (χ2v) is 8.15. The van der Waals surface area contributed by atoms with Gasteiger partial charge in [-0.3, -0.25) is 4.79 Å². The molecular weight excluding hydrogens is 377 g/mol. The van der Waals surface area contributed by atoms with E-state index in [2.05, 4.69) is 58.2 Å². The molecule has 3 rings (SSSR count). The van der Waals surface area contributed by atoms with E-state index in [-0.39, 0.29) is 16.0 Å². The third-order valence-electron chi connectivity index (χ3n) is 4.58. The van der Waals surface area contributed by atoms with E-state index in [0.717, 1.165) is 25.7 Å². The number of nitrogens with one attached hydrogen (secondary N) is 1. The Hall–Kier alpha value is -0.620. The van der Waals surface area contributed by atoms with Gasteiger partial charge in [0.05, 0.1) is 0 Å². The van der Waals surface area contributed by atoms with Crippen molar-refractivity contribution in [2.45, 2.75) is 60.6 Å². The van der Waals surface area contributed by atoms with Crippen LogP contribution in [0.1, 0.15) is 44.1 Å². The lowest BCUT2D eigenvalue weighted by Gasteiger charge is -2.43. The van der Waals surface area contributed by atoms with Gasteiger partial charge in [0, 0.05) is 12.1 Å². The van der Waals surface area contributed by atoms with Gasteiger partial charge in [0.15, 0.2) is 0 Å². The van der Waals surface area contributed by atoms with E-state index in [4.69, 9.17) is 4.74 Å². The molecule has 114 valence electrons. The first kappa shape index (κ1) is 15.3. The second kappa shape index (κ2) is 6.65. The minimum atomic E-state index is -0.0693. The Kier molecular flexibility index (Phi) is 4.84. The number of rotatable bonds is 3. The van der Waals surface area contributed by atoms with Gasteiger partial charge in [-0.05, 0) is 44.1 Å². The molecule has 3 nitrogen and oxygen atoms in total. The predicted octanol–water partition coefficient (Wildman–Crippen LogP) is 3.42. The molecule has 0 radical (unpaired) electrons. The summed E-state index contributed by atoms with van der Waals surface area (Å²) in [5.41, 5.74) is 1.45. The van der Waals surface area contributed by atoms with Crippen LogP contribution in [0.5, 0.6) is 0 Å². The fourth-order valence-corrected chi connectivity index (χ4v) is 3.81. The normalized spacial score (nSPS) is 33.2. The quantitative estimate of drug-likeness (QED) is 0.481. The van der Waals surface area contributed by atoms with Crippen molar-refractivity contribution in [3.8, 4) is 0 Å². The van der Waals surface area contributed by atoms with E-state index >= 15 is 0 Å². The molecule has 0 aromatic heterocycles. The lowest BCUT2D eigenvalue weighted by Crippen LogP contribution is -2.53. The van der Waals surface area contributed by atoms with Crippen molar-refractivity contribution in [2.75, 3.05) is 0 Å². The second-order valence-electron chi connectivity index (χ2n) is 6.29. The molecule has 1 aromatic carbocycles. The average Bonchev–Trinajstić information content (AvgIpc) is 2.47. The Morgan fingerprint density at radius 2 is 1.81 bits per heavy atom. The Morgan fingerprint density at radius 3 is 2.38 bits per heavy atom. The molecule has 4 heteroatoms. The van der Waals surface area contributed by atoms with Crippen LogP contribution in [0.2, 0.25) is 0 Å². The van der Waals surface area contributed by atoms with Crippen molar-refractivity contribution >= 4 is 28.6 Å². The van der Waals surface area contributed by atoms with Gasteiger partial charge in [-0.2, -0.15) is 0 Å². The van der Waals surface area contributed by atoms with Crippen molar-refractivity contribution in [1.29, 1.82) is 0 Å². The molecule has 1 N–H and O–H groups in total. The van der Waals surface area contributed by atoms with E-state index in [9.17, 15) is 4.79 Å². The molecule has 21 heavy (non-hydrogen) atoms. The van der Waals surface area contributed by atoms with E-state index in [1.165, 1.54) is 5.56 Å². The van der Waals surface area contributed by atoms with Gasteiger partial charge in [0.2, 0.25) is 0 Å². The molecule has 2 fully saturated rings. The number of halogens is 1. The lowest BCUT2D eigenvalue weighted by molar-refractivity contribution is -0.150. The average molecular weight is 399 g/mol. The van der Waals surface area contributed by atoms with Crippen molar-refractivity contribution in [3.63, 3.8) is 0 Å². The molecular formula is C17H22INO2. The van der Waals surface area contributed by atoms with Crippen LogP contribution in [0.3, 0.4) is 0 Å². The summed E-state index contributed by atoms with van der Waals surface area (Å²) in [6.45, 7) is 1.89. The molecule has 2 saturated heterocycles. The largest absolute Gasteiger partial charge is 0.461 e. The predicted molar refractivity (Wildman–Crippen MR) is 91.7 cm³/mol. The summed E-state index contributed by atoms with van der Waals surface area (Å²) in [7, 11) is 0. The van der Waals surface area contributed by atoms with Gasteiger partial charge < -0.3 is 10.1 Å². The highest BCUT2D eigenvalue weighted by atomic mass is 127. The van der Waals surface area contributed by atoms with Gasteiger partial charge in [-0.15, -0.1) is 0 Å². The maximum absolute atomic E-state index is 11.8. The van der Waals surface area contributed by atoms with Gasteiger partial charge in [-0.25, -0.2) is 0 Å². The molecule has 1 aromatic rings. The zero-order valence-electron chi connectivity index (χ0n) is 12.3. The number of benzene rings is 1. The number of ether oxygens (including phenoxy) is 1. The van der Waals surface area contributed by atoms with Crippen molar-refractivity contribution in [2.24, 2.45) is 0 Å². The van der Waals surface area contributed by atoms with Crippen LogP contribution in [-0.2, 0) is 9.53 Å². The molecule has 2 heterocycles. The van der Waals surface area contributed by atoms with E-state index in [0.29, 0.717) is 18.0 Å². The number of esters is 1. The number of carbonyl (C=O) groups is 1. The fraction of sp³-hybridized carbons (Fsp3) is 0.588. The van der Waals surface area contributed by atoms with Gasteiger partial charge in [0.25, 0.3) is 0 Å². The first-order valence-corrected chi connectivity index (χ1v) is 9.02. The Balaban J connectivity index is 1.61. The fourth-order valence-electron chi connectivity index (χ4n) is 3.66. The number of piperidine rings is 2. The first-order valence-electron chi connectivity index (χ1n) is 7.77. The summed E-state index contributed by atoms with van der Waals surface area (Å²) in [4.78, 5) is 11.8.